The molecule has 0 amide bonds. The maximum Gasteiger partial charge on any atom is 0.228 e. The van der Waals surface area contributed by atoms with Gasteiger partial charge in [-0.25, -0.2) is 4.98 Å². The molecule has 1 saturated heterocycles. The van der Waals surface area contributed by atoms with Crippen molar-refractivity contribution < 1.29 is 4.52 Å². The van der Waals surface area contributed by atoms with E-state index in [2.05, 4.69) is 25.0 Å². The Morgan fingerprint density at radius 1 is 1.36 bits per heavy atom. The first-order chi connectivity index (χ1) is 12.3. The molecule has 130 valence electrons. The Hall–Kier alpha value is -2.18. The zero-order valence-electron chi connectivity index (χ0n) is 13.9. The number of rotatable bonds is 5. The lowest BCUT2D eigenvalue weighted by atomic mass is 9.97. The van der Waals surface area contributed by atoms with Crippen LogP contribution < -0.4 is 0 Å². The summed E-state index contributed by atoms with van der Waals surface area (Å²) in [5, 5.41) is 4.74. The number of benzene rings is 1. The van der Waals surface area contributed by atoms with Crippen LogP contribution in [-0.4, -0.2) is 44.6 Å². The molecular formula is C18H20ClN5O. The average Bonchev–Trinajstić information content (AvgIpc) is 3.32. The molecule has 0 radical (unpaired) electrons. The van der Waals surface area contributed by atoms with E-state index in [0.717, 1.165) is 37.4 Å². The number of halogens is 1. The summed E-state index contributed by atoms with van der Waals surface area (Å²) in [7, 11) is 0. The van der Waals surface area contributed by atoms with Gasteiger partial charge >= 0.3 is 0 Å². The van der Waals surface area contributed by atoms with Gasteiger partial charge in [-0.1, -0.05) is 28.9 Å². The molecule has 0 bridgehead atoms. The molecule has 4 rings (SSSR count). The van der Waals surface area contributed by atoms with Crippen molar-refractivity contribution in [3.05, 3.63) is 53.4 Å². The third-order valence-electron chi connectivity index (χ3n) is 4.60. The fraction of sp³-hybridized carbons (Fsp3) is 0.389. The third kappa shape index (κ3) is 3.91. The minimum Gasteiger partial charge on any atom is -0.348 e. The first kappa shape index (κ1) is 16.3. The van der Waals surface area contributed by atoms with Crippen LogP contribution in [0.25, 0.3) is 11.4 Å². The Morgan fingerprint density at radius 2 is 2.32 bits per heavy atom. The Balaban J connectivity index is 1.35. The number of aromatic nitrogens is 4. The number of likely N-dealkylation sites (tertiary alicyclic amines) is 1. The first-order valence-corrected chi connectivity index (χ1v) is 8.96. The van der Waals surface area contributed by atoms with E-state index in [0.29, 0.717) is 22.7 Å². The number of H-pyrrole nitrogens is 1. The van der Waals surface area contributed by atoms with Crippen LogP contribution in [0.2, 0.25) is 5.02 Å². The number of hydrogen-bond donors (Lipinski definition) is 1. The highest BCUT2D eigenvalue weighted by Gasteiger charge is 2.23. The van der Waals surface area contributed by atoms with Crippen LogP contribution in [0.15, 0.2) is 41.2 Å². The van der Waals surface area contributed by atoms with Gasteiger partial charge in [0.25, 0.3) is 0 Å². The van der Waals surface area contributed by atoms with Crippen LogP contribution in [0.3, 0.4) is 0 Å². The minimum absolute atomic E-state index is 0.480. The second kappa shape index (κ2) is 7.37. The van der Waals surface area contributed by atoms with Crippen molar-refractivity contribution in [3.63, 3.8) is 0 Å². The van der Waals surface area contributed by atoms with E-state index in [1.54, 1.807) is 0 Å². The maximum atomic E-state index is 6.02. The molecule has 3 aromatic rings. The predicted molar refractivity (Wildman–Crippen MR) is 95.5 cm³/mol. The molecule has 1 unspecified atom stereocenters. The molecule has 1 aromatic carbocycles. The van der Waals surface area contributed by atoms with E-state index in [9.17, 15) is 0 Å². The fourth-order valence-corrected chi connectivity index (χ4v) is 3.53. The van der Waals surface area contributed by atoms with Crippen LogP contribution in [0.1, 0.15) is 30.5 Å². The van der Waals surface area contributed by atoms with Crippen LogP contribution in [-0.2, 0) is 6.42 Å². The first-order valence-electron chi connectivity index (χ1n) is 8.58. The smallest absolute Gasteiger partial charge is 0.228 e. The van der Waals surface area contributed by atoms with Gasteiger partial charge < -0.3 is 14.4 Å². The van der Waals surface area contributed by atoms with Gasteiger partial charge in [-0.05, 0) is 31.5 Å². The van der Waals surface area contributed by atoms with Crippen molar-refractivity contribution in [1.82, 2.24) is 25.0 Å². The number of aromatic amines is 1. The summed E-state index contributed by atoms with van der Waals surface area (Å²) in [6, 6.07) is 7.49. The predicted octanol–water partition coefficient (Wildman–Crippen LogP) is 3.54. The van der Waals surface area contributed by atoms with Crippen molar-refractivity contribution in [1.29, 1.82) is 0 Å². The summed E-state index contributed by atoms with van der Waals surface area (Å²) in [6.07, 6.45) is 6.83. The van der Waals surface area contributed by atoms with Crippen LogP contribution in [0.4, 0.5) is 0 Å². The van der Waals surface area contributed by atoms with E-state index in [4.69, 9.17) is 16.1 Å². The summed E-state index contributed by atoms with van der Waals surface area (Å²) >= 11 is 6.02. The lowest BCUT2D eigenvalue weighted by Gasteiger charge is -2.31. The number of nitrogens with one attached hydrogen (secondary N) is 1. The SMILES string of the molecule is Clc1cccc(-c2noc(CCN3CCCC(c4ncc[nH]4)C3)n2)c1. The van der Waals surface area contributed by atoms with Gasteiger partial charge in [-0.15, -0.1) is 0 Å². The second-order valence-electron chi connectivity index (χ2n) is 6.39. The van der Waals surface area contributed by atoms with Crippen molar-refractivity contribution >= 4 is 11.6 Å². The zero-order chi connectivity index (χ0) is 17.1. The van der Waals surface area contributed by atoms with Crippen molar-refractivity contribution in [2.24, 2.45) is 0 Å². The Labute approximate surface area is 151 Å². The molecule has 0 aliphatic carbocycles. The summed E-state index contributed by atoms with van der Waals surface area (Å²) in [6.45, 7) is 3.03. The molecule has 3 heterocycles. The third-order valence-corrected chi connectivity index (χ3v) is 4.84. The molecule has 1 fully saturated rings. The number of imidazole rings is 1. The topological polar surface area (TPSA) is 70.8 Å². The molecule has 7 heteroatoms. The van der Waals surface area contributed by atoms with Crippen molar-refractivity contribution in [3.8, 4) is 11.4 Å². The normalized spacial score (nSPS) is 18.5. The van der Waals surface area contributed by atoms with E-state index in [-0.39, 0.29) is 0 Å². The molecule has 25 heavy (non-hydrogen) atoms. The van der Waals surface area contributed by atoms with Gasteiger partial charge in [0.1, 0.15) is 5.82 Å². The molecule has 1 aliphatic rings. The number of hydrogen-bond acceptors (Lipinski definition) is 5. The van der Waals surface area contributed by atoms with Gasteiger partial charge in [-0.3, -0.25) is 0 Å². The van der Waals surface area contributed by atoms with E-state index < -0.39 is 0 Å². The highest BCUT2D eigenvalue weighted by Crippen LogP contribution is 2.24. The average molecular weight is 358 g/mol. The molecule has 0 saturated carbocycles. The van der Waals surface area contributed by atoms with Crippen LogP contribution in [0, 0.1) is 0 Å². The number of piperidine rings is 1. The quantitative estimate of drug-likeness (QED) is 0.756. The Morgan fingerprint density at radius 3 is 3.16 bits per heavy atom. The van der Waals surface area contributed by atoms with E-state index in [1.807, 2.05) is 36.7 Å². The standard InChI is InChI=1S/C18H20ClN5O/c19-15-5-1-3-13(11-15)18-22-16(25-23-18)6-10-24-9-2-4-14(12-24)17-20-7-8-21-17/h1,3,5,7-8,11,14H,2,4,6,9-10,12H2,(H,20,21). The van der Waals surface area contributed by atoms with Gasteiger partial charge in [0.05, 0.1) is 0 Å². The van der Waals surface area contributed by atoms with Crippen molar-refractivity contribution in [2.75, 3.05) is 19.6 Å². The summed E-state index contributed by atoms with van der Waals surface area (Å²) in [5.41, 5.74) is 0.873. The number of nitrogens with zero attached hydrogens (tertiary/aromatic N) is 4. The summed E-state index contributed by atoms with van der Waals surface area (Å²) in [5.74, 6) is 2.82. The Bertz CT molecular complexity index is 817. The summed E-state index contributed by atoms with van der Waals surface area (Å²) < 4.78 is 5.40. The van der Waals surface area contributed by atoms with Crippen LogP contribution >= 0.6 is 11.6 Å². The zero-order valence-corrected chi connectivity index (χ0v) is 14.6. The van der Waals surface area contributed by atoms with Gasteiger partial charge in [0.15, 0.2) is 0 Å². The lowest BCUT2D eigenvalue weighted by molar-refractivity contribution is 0.200. The van der Waals surface area contributed by atoms with Crippen molar-refractivity contribution in [2.45, 2.75) is 25.2 Å². The largest absolute Gasteiger partial charge is 0.348 e. The summed E-state index contributed by atoms with van der Waals surface area (Å²) in [4.78, 5) is 14.6. The van der Waals surface area contributed by atoms with Gasteiger partial charge in [0, 0.05) is 48.4 Å². The lowest BCUT2D eigenvalue weighted by Crippen LogP contribution is -2.36. The fourth-order valence-electron chi connectivity index (χ4n) is 3.34. The molecular weight excluding hydrogens is 338 g/mol. The minimum atomic E-state index is 0.480. The van der Waals surface area contributed by atoms with E-state index >= 15 is 0 Å². The molecule has 1 N–H and O–H groups in total. The monoisotopic (exact) mass is 357 g/mol. The molecule has 1 aliphatic heterocycles. The Kier molecular flexibility index (Phi) is 4.81. The molecule has 0 spiro atoms. The van der Waals surface area contributed by atoms with E-state index in [1.165, 1.54) is 12.8 Å². The molecule has 6 nitrogen and oxygen atoms in total. The van der Waals surface area contributed by atoms with Gasteiger partial charge in [0.2, 0.25) is 11.7 Å². The van der Waals surface area contributed by atoms with Crippen LogP contribution in [0.5, 0.6) is 0 Å². The highest BCUT2D eigenvalue weighted by molar-refractivity contribution is 6.30. The highest BCUT2D eigenvalue weighted by atomic mass is 35.5. The molecule has 1 atom stereocenters. The second-order valence-corrected chi connectivity index (χ2v) is 6.82. The maximum absolute atomic E-state index is 6.02. The molecule has 2 aromatic heterocycles. The van der Waals surface area contributed by atoms with Gasteiger partial charge in [-0.2, -0.15) is 4.98 Å².